The zero-order valence-corrected chi connectivity index (χ0v) is 28.8. The molecule has 51 heavy (non-hydrogen) atoms. The molecule has 0 aliphatic rings. The summed E-state index contributed by atoms with van der Waals surface area (Å²) in [5.41, 5.74) is 2.08. The van der Waals surface area contributed by atoms with Crippen molar-refractivity contribution in [2.75, 3.05) is 0 Å². The molecule has 4 nitrogen and oxygen atoms in total. The fraction of sp³-hybridized carbons (Fsp3) is 0. The smallest absolute Gasteiger partial charge is 0.872 e. The largest absolute Gasteiger partial charge is 2.00 e. The molecular weight excluding hydrogens is 723 g/mol. The first kappa shape index (κ1) is 34.7. The Hall–Kier alpha value is -6.12. The summed E-state index contributed by atoms with van der Waals surface area (Å²) in [5, 5.41) is 33.1. The quantitative estimate of drug-likeness (QED) is 0.0735. The van der Waals surface area contributed by atoms with Gasteiger partial charge in [-0.15, -0.1) is 0 Å². The van der Waals surface area contributed by atoms with Gasteiger partial charge in [-0.2, -0.15) is 0 Å². The Balaban J connectivity index is 0.000000172. The molecule has 0 heterocycles. The van der Waals surface area contributed by atoms with Gasteiger partial charge in [-0.1, -0.05) is 157 Å². The molecule has 248 valence electrons. The number of benzene rings is 8. The Labute approximate surface area is 309 Å². The maximum atomic E-state index is 12.5. The van der Waals surface area contributed by atoms with E-state index < -0.39 is 0 Å². The Morgan fingerprint density at radius 3 is 0.863 bits per heavy atom. The molecule has 0 N–H and O–H groups in total. The van der Waals surface area contributed by atoms with Gasteiger partial charge in [0.1, 0.15) is 0 Å². The van der Waals surface area contributed by atoms with Crippen LogP contribution in [0.5, 0.6) is 0 Å². The van der Waals surface area contributed by atoms with Gasteiger partial charge in [0.2, 0.25) is 0 Å². The number of ketones is 2. The molecule has 0 amide bonds. The molecule has 0 aliphatic heterocycles. The number of carbonyl (C=O) groups is 2. The Bertz CT molecular complexity index is 2440. The number of rotatable bonds is 6. The van der Waals surface area contributed by atoms with E-state index in [1.807, 2.05) is 146 Å². The molecule has 8 aromatic rings. The third-order valence-corrected chi connectivity index (χ3v) is 8.66. The van der Waals surface area contributed by atoms with Crippen LogP contribution in [-0.2, 0) is 20.4 Å². The molecule has 0 saturated heterocycles. The van der Waals surface area contributed by atoms with Crippen molar-refractivity contribution in [1.82, 2.24) is 0 Å². The fourth-order valence-electron chi connectivity index (χ4n) is 5.94. The summed E-state index contributed by atoms with van der Waals surface area (Å²) in [7, 11) is 0. The first-order valence-corrected chi connectivity index (χ1v) is 16.2. The molecular formula is C46H30O4Pd. The molecule has 5 heteroatoms. The minimum absolute atomic E-state index is 0. The van der Waals surface area contributed by atoms with Gasteiger partial charge in [-0.05, 0) is 90.6 Å². The van der Waals surface area contributed by atoms with Gasteiger partial charge in [0, 0.05) is 11.1 Å². The number of hydrogen-bond acceptors (Lipinski definition) is 4. The summed E-state index contributed by atoms with van der Waals surface area (Å²) in [5.74, 6) is -1.10. The van der Waals surface area contributed by atoms with Crippen molar-refractivity contribution in [2.24, 2.45) is 0 Å². The summed E-state index contributed by atoms with van der Waals surface area (Å²) in [6.45, 7) is 0. The van der Waals surface area contributed by atoms with Crippen molar-refractivity contribution in [2.45, 2.75) is 0 Å². The average molecular weight is 753 g/mol. The van der Waals surface area contributed by atoms with Gasteiger partial charge in [0.15, 0.2) is 11.6 Å². The van der Waals surface area contributed by atoms with Gasteiger partial charge in [0.25, 0.3) is 0 Å². The first-order chi connectivity index (χ1) is 24.4. The van der Waals surface area contributed by atoms with E-state index in [2.05, 4.69) is 0 Å². The molecule has 0 saturated carbocycles. The van der Waals surface area contributed by atoms with E-state index in [0.29, 0.717) is 22.3 Å². The predicted molar refractivity (Wildman–Crippen MR) is 200 cm³/mol. The average Bonchev–Trinajstić information content (AvgIpc) is 3.17. The van der Waals surface area contributed by atoms with Crippen LogP contribution in [0.2, 0.25) is 0 Å². The molecule has 0 bridgehead atoms. The maximum Gasteiger partial charge on any atom is 2.00 e. The minimum Gasteiger partial charge on any atom is -0.872 e. The topological polar surface area (TPSA) is 80.3 Å². The molecule has 0 fully saturated rings. The standard InChI is InChI=1S/2C23H16O2.Pd/c2*24-22(20-11-9-16-5-1-3-7-18(16)13-20)15-23(25)21-12-10-17-6-2-4-8-19(17)14-21;/h2*1-15,24H;/q;;+2/p-2/b2*22-15-;. The SMILES string of the molecule is O=C(/C=C(\[O-])c1ccc2ccccc2c1)c1ccc2ccccc2c1.O=C(/C=C(\[O-])c1ccc2ccccc2c1)c1ccc2ccccc2c1.[Pd+2]. The number of fused-ring (bicyclic) bond motifs is 4. The van der Waals surface area contributed by atoms with E-state index >= 15 is 0 Å². The van der Waals surface area contributed by atoms with Crippen LogP contribution in [0.3, 0.4) is 0 Å². The summed E-state index contributed by atoms with van der Waals surface area (Å²) in [4.78, 5) is 24.9. The maximum absolute atomic E-state index is 12.5. The van der Waals surface area contributed by atoms with Gasteiger partial charge in [-0.25, -0.2) is 0 Å². The van der Waals surface area contributed by atoms with Crippen LogP contribution in [0.15, 0.2) is 182 Å². The summed E-state index contributed by atoms with van der Waals surface area (Å²) >= 11 is 0. The van der Waals surface area contributed by atoms with Crippen molar-refractivity contribution >= 4 is 66.2 Å². The van der Waals surface area contributed by atoms with E-state index in [1.165, 1.54) is 12.2 Å². The van der Waals surface area contributed by atoms with Gasteiger partial charge < -0.3 is 10.2 Å². The van der Waals surface area contributed by atoms with Crippen LogP contribution in [0.1, 0.15) is 31.8 Å². The van der Waals surface area contributed by atoms with Gasteiger partial charge >= 0.3 is 20.4 Å². The molecule has 0 aromatic heterocycles. The van der Waals surface area contributed by atoms with E-state index in [9.17, 15) is 19.8 Å². The Kier molecular flexibility index (Phi) is 10.6. The third-order valence-electron chi connectivity index (χ3n) is 8.66. The second-order valence-corrected chi connectivity index (χ2v) is 12.0. The Morgan fingerprint density at radius 2 is 0.569 bits per heavy atom. The summed E-state index contributed by atoms with van der Waals surface area (Å²) in [6, 6.07) is 53.3. The molecule has 8 rings (SSSR count). The monoisotopic (exact) mass is 752 g/mol. The normalized spacial score (nSPS) is 11.5. The van der Waals surface area contributed by atoms with Crippen LogP contribution in [-0.4, -0.2) is 11.6 Å². The zero-order chi connectivity index (χ0) is 34.5. The number of carbonyl (C=O) groups excluding carboxylic acids is 2. The Morgan fingerprint density at radius 1 is 0.333 bits per heavy atom. The van der Waals surface area contributed by atoms with Crippen molar-refractivity contribution in [3.8, 4) is 0 Å². The third kappa shape index (κ3) is 8.03. The second kappa shape index (κ2) is 15.6. The minimum atomic E-state index is -0.274. The van der Waals surface area contributed by atoms with Crippen LogP contribution in [0, 0.1) is 0 Å². The molecule has 0 atom stereocenters. The molecule has 0 radical (unpaired) electrons. The number of allylic oxidation sites excluding steroid dienone is 2. The van der Waals surface area contributed by atoms with E-state index in [1.54, 1.807) is 24.3 Å². The fourth-order valence-corrected chi connectivity index (χ4v) is 5.94. The van der Waals surface area contributed by atoms with Crippen molar-refractivity contribution in [3.05, 3.63) is 204 Å². The summed E-state index contributed by atoms with van der Waals surface area (Å²) < 4.78 is 0. The predicted octanol–water partition coefficient (Wildman–Crippen LogP) is 9.15. The summed E-state index contributed by atoms with van der Waals surface area (Å²) in [6.07, 6.45) is 2.35. The van der Waals surface area contributed by atoms with Crippen molar-refractivity contribution in [3.63, 3.8) is 0 Å². The van der Waals surface area contributed by atoms with E-state index in [4.69, 9.17) is 0 Å². The van der Waals surface area contributed by atoms with Crippen LogP contribution in [0.25, 0.3) is 54.6 Å². The van der Waals surface area contributed by atoms with Crippen LogP contribution < -0.4 is 10.2 Å². The zero-order valence-electron chi connectivity index (χ0n) is 27.3. The van der Waals surface area contributed by atoms with Gasteiger partial charge in [-0.3, -0.25) is 9.59 Å². The van der Waals surface area contributed by atoms with Gasteiger partial charge in [0.05, 0.1) is 0 Å². The van der Waals surface area contributed by atoms with Crippen LogP contribution >= 0.6 is 0 Å². The first-order valence-electron chi connectivity index (χ1n) is 16.2. The molecule has 0 aliphatic carbocycles. The van der Waals surface area contributed by atoms with Crippen molar-refractivity contribution in [1.29, 1.82) is 0 Å². The molecule has 0 spiro atoms. The van der Waals surface area contributed by atoms with Crippen LogP contribution in [0.4, 0.5) is 0 Å². The van der Waals surface area contributed by atoms with E-state index in [0.717, 1.165) is 43.1 Å². The number of hydrogen-bond donors (Lipinski definition) is 0. The van der Waals surface area contributed by atoms with E-state index in [-0.39, 0.29) is 43.5 Å². The second-order valence-electron chi connectivity index (χ2n) is 12.0. The molecule has 8 aromatic carbocycles. The molecule has 0 unspecified atom stereocenters. The van der Waals surface area contributed by atoms with Crippen molar-refractivity contribution < 1.29 is 40.2 Å².